The van der Waals surface area contributed by atoms with Crippen LogP contribution >= 0.6 is 0 Å². The summed E-state index contributed by atoms with van der Waals surface area (Å²) in [5, 5.41) is 0. The van der Waals surface area contributed by atoms with E-state index in [4.69, 9.17) is 0 Å². The molecule has 0 unspecified atom stereocenters. The maximum Gasteiger partial charge on any atom is 0.262 e. The zero-order valence-corrected chi connectivity index (χ0v) is 14.4. The third-order valence-corrected chi connectivity index (χ3v) is 5.28. The fraction of sp³-hybridized carbons (Fsp3) is 0.333. The van der Waals surface area contributed by atoms with Crippen LogP contribution < -0.4 is 4.72 Å². The van der Waals surface area contributed by atoms with Crippen LogP contribution in [0.4, 0.5) is 5.69 Å². The number of sulfonamides is 1. The molecule has 0 aliphatic rings. The van der Waals surface area contributed by atoms with Crippen molar-refractivity contribution in [1.82, 2.24) is 0 Å². The molecule has 0 saturated heterocycles. The van der Waals surface area contributed by atoms with Crippen LogP contribution in [0, 0.1) is 13.8 Å². The minimum absolute atomic E-state index is 0.384. The van der Waals surface area contributed by atoms with Crippen molar-refractivity contribution < 1.29 is 8.42 Å². The van der Waals surface area contributed by atoms with Crippen molar-refractivity contribution in [3.8, 4) is 0 Å². The fourth-order valence-electron chi connectivity index (χ4n) is 2.49. The first-order chi connectivity index (χ1) is 10.4. The van der Waals surface area contributed by atoms with Gasteiger partial charge in [0.1, 0.15) is 0 Å². The fourth-order valence-corrected chi connectivity index (χ4v) is 3.98. The smallest absolute Gasteiger partial charge is 0.262 e. The molecular weight excluding hydrogens is 294 g/mol. The predicted molar refractivity (Wildman–Crippen MR) is 91.9 cm³/mol. The van der Waals surface area contributed by atoms with Crippen LogP contribution in [0.2, 0.25) is 0 Å². The number of nitrogens with one attached hydrogen (secondary N) is 1. The molecule has 0 aliphatic heterocycles. The van der Waals surface area contributed by atoms with Crippen LogP contribution in [0.1, 0.15) is 36.1 Å². The van der Waals surface area contributed by atoms with Crippen molar-refractivity contribution in [2.24, 2.45) is 0 Å². The van der Waals surface area contributed by atoms with E-state index in [2.05, 4.69) is 4.72 Å². The molecule has 0 atom stereocenters. The summed E-state index contributed by atoms with van der Waals surface area (Å²) in [5.41, 5.74) is 4.54. The van der Waals surface area contributed by atoms with Crippen LogP contribution in [0.15, 0.2) is 41.3 Å². The second-order valence-electron chi connectivity index (χ2n) is 5.57. The lowest BCUT2D eigenvalue weighted by molar-refractivity contribution is 0.600. The number of anilines is 1. The molecule has 0 aliphatic carbocycles. The molecule has 2 aromatic rings. The van der Waals surface area contributed by atoms with Gasteiger partial charge in [0.25, 0.3) is 10.0 Å². The normalized spacial score (nSPS) is 11.5. The third-order valence-electron chi connectivity index (χ3n) is 3.84. The average molecular weight is 317 g/mol. The highest BCUT2D eigenvalue weighted by atomic mass is 32.2. The first-order valence-electron chi connectivity index (χ1n) is 7.59. The van der Waals surface area contributed by atoms with Gasteiger partial charge in [0.05, 0.1) is 10.6 Å². The van der Waals surface area contributed by atoms with Gasteiger partial charge in [0.15, 0.2) is 0 Å². The van der Waals surface area contributed by atoms with Gasteiger partial charge in [0.2, 0.25) is 0 Å². The Labute approximate surface area is 133 Å². The van der Waals surface area contributed by atoms with Crippen LogP contribution in [-0.4, -0.2) is 8.42 Å². The molecule has 0 aromatic heterocycles. The van der Waals surface area contributed by atoms with E-state index in [1.165, 1.54) is 0 Å². The van der Waals surface area contributed by atoms with Crippen LogP contribution in [0.25, 0.3) is 0 Å². The molecule has 22 heavy (non-hydrogen) atoms. The van der Waals surface area contributed by atoms with Crippen molar-refractivity contribution in [3.63, 3.8) is 0 Å². The van der Waals surface area contributed by atoms with E-state index >= 15 is 0 Å². The molecule has 0 fully saturated rings. The molecular formula is C18H23NO2S. The van der Waals surface area contributed by atoms with Crippen LogP contribution in [0.3, 0.4) is 0 Å². The third kappa shape index (κ3) is 3.50. The van der Waals surface area contributed by atoms with Gasteiger partial charge >= 0.3 is 0 Å². The standard InChI is InChI=1S/C18H23NO2S/c1-5-15-8-9-16(6-2)18(12-15)22(20,21)19-17-10-7-13(3)11-14(17)4/h7-12,19H,5-6H2,1-4H3. The van der Waals surface area contributed by atoms with Crippen molar-refractivity contribution >= 4 is 15.7 Å². The first kappa shape index (κ1) is 16.6. The van der Waals surface area contributed by atoms with E-state index in [1.54, 1.807) is 6.07 Å². The van der Waals surface area contributed by atoms with E-state index in [1.807, 2.05) is 58.0 Å². The zero-order valence-electron chi connectivity index (χ0n) is 13.6. The van der Waals surface area contributed by atoms with Gasteiger partial charge in [-0.3, -0.25) is 4.72 Å². The highest BCUT2D eigenvalue weighted by Crippen LogP contribution is 2.24. The van der Waals surface area contributed by atoms with E-state index in [-0.39, 0.29) is 0 Å². The van der Waals surface area contributed by atoms with E-state index in [0.29, 0.717) is 17.0 Å². The molecule has 0 bridgehead atoms. The van der Waals surface area contributed by atoms with Crippen LogP contribution in [-0.2, 0) is 22.9 Å². The van der Waals surface area contributed by atoms with Gasteiger partial charge in [-0.25, -0.2) is 8.42 Å². The van der Waals surface area contributed by atoms with E-state index < -0.39 is 10.0 Å². The monoisotopic (exact) mass is 317 g/mol. The highest BCUT2D eigenvalue weighted by molar-refractivity contribution is 7.92. The Morgan fingerprint density at radius 1 is 0.955 bits per heavy atom. The number of rotatable bonds is 5. The first-order valence-corrected chi connectivity index (χ1v) is 9.07. The van der Waals surface area contributed by atoms with Gasteiger partial charge in [-0.15, -0.1) is 0 Å². The topological polar surface area (TPSA) is 46.2 Å². The van der Waals surface area contributed by atoms with E-state index in [0.717, 1.165) is 28.7 Å². The van der Waals surface area contributed by atoms with Crippen LogP contribution in [0.5, 0.6) is 0 Å². The lowest BCUT2D eigenvalue weighted by Gasteiger charge is -2.14. The molecule has 2 rings (SSSR count). The minimum Gasteiger partial charge on any atom is -0.279 e. The summed E-state index contributed by atoms with van der Waals surface area (Å²) in [6.07, 6.45) is 1.50. The summed E-state index contributed by atoms with van der Waals surface area (Å²) >= 11 is 0. The second-order valence-corrected chi connectivity index (χ2v) is 7.22. The molecule has 0 amide bonds. The lowest BCUT2D eigenvalue weighted by Crippen LogP contribution is -2.16. The number of aryl methyl sites for hydroxylation is 4. The Morgan fingerprint density at radius 3 is 2.27 bits per heavy atom. The Balaban J connectivity index is 2.46. The number of hydrogen-bond donors (Lipinski definition) is 1. The van der Waals surface area contributed by atoms with Crippen molar-refractivity contribution in [1.29, 1.82) is 0 Å². The van der Waals surface area contributed by atoms with Gasteiger partial charge in [-0.1, -0.05) is 43.7 Å². The highest BCUT2D eigenvalue weighted by Gasteiger charge is 2.19. The molecule has 3 nitrogen and oxygen atoms in total. The van der Waals surface area contributed by atoms with E-state index in [9.17, 15) is 8.42 Å². The minimum atomic E-state index is -3.57. The quantitative estimate of drug-likeness (QED) is 0.897. The number of benzene rings is 2. The van der Waals surface area contributed by atoms with Gasteiger partial charge in [-0.05, 0) is 55.5 Å². The Bertz CT molecular complexity index is 780. The Hall–Kier alpha value is -1.81. The SMILES string of the molecule is CCc1ccc(CC)c(S(=O)(=O)Nc2ccc(C)cc2C)c1. The number of hydrogen-bond acceptors (Lipinski definition) is 2. The maximum absolute atomic E-state index is 12.8. The molecule has 118 valence electrons. The van der Waals surface area contributed by atoms with Crippen molar-refractivity contribution in [3.05, 3.63) is 58.7 Å². The largest absolute Gasteiger partial charge is 0.279 e. The predicted octanol–water partition coefficient (Wildman–Crippen LogP) is 4.23. The molecule has 2 aromatic carbocycles. The van der Waals surface area contributed by atoms with Crippen molar-refractivity contribution in [2.75, 3.05) is 4.72 Å². The molecule has 4 heteroatoms. The Morgan fingerprint density at radius 2 is 1.68 bits per heavy atom. The summed E-state index contributed by atoms with van der Waals surface area (Å²) in [4.78, 5) is 0.384. The lowest BCUT2D eigenvalue weighted by atomic mass is 10.1. The summed E-state index contributed by atoms with van der Waals surface area (Å²) in [5.74, 6) is 0. The molecule has 0 saturated carbocycles. The van der Waals surface area contributed by atoms with Crippen molar-refractivity contribution in [2.45, 2.75) is 45.4 Å². The maximum atomic E-state index is 12.8. The second kappa shape index (κ2) is 6.53. The zero-order chi connectivity index (χ0) is 16.3. The van der Waals surface area contributed by atoms with Gasteiger partial charge < -0.3 is 0 Å². The Kier molecular flexibility index (Phi) is 4.91. The molecule has 0 radical (unpaired) electrons. The summed E-state index contributed by atoms with van der Waals surface area (Å²) < 4.78 is 28.3. The summed E-state index contributed by atoms with van der Waals surface area (Å²) in [6.45, 7) is 7.89. The van der Waals surface area contributed by atoms with Gasteiger partial charge in [0, 0.05) is 0 Å². The van der Waals surface area contributed by atoms with Gasteiger partial charge in [-0.2, -0.15) is 0 Å². The molecule has 0 spiro atoms. The molecule has 0 heterocycles. The summed E-state index contributed by atoms with van der Waals surface area (Å²) in [7, 11) is -3.57. The summed E-state index contributed by atoms with van der Waals surface area (Å²) in [6, 6.07) is 11.4. The molecule has 1 N–H and O–H groups in total. The average Bonchev–Trinajstić information content (AvgIpc) is 2.49.